The van der Waals surface area contributed by atoms with Crippen molar-refractivity contribution in [2.75, 3.05) is 0 Å². The van der Waals surface area contributed by atoms with Gasteiger partial charge in [0.15, 0.2) is 0 Å². The highest BCUT2D eigenvalue weighted by Crippen LogP contribution is 3.04. The molecule has 0 aliphatic carbocycles. The van der Waals surface area contributed by atoms with Crippen LogP contribution in [0, 0.1) is 0 Å². The van der Waals surface area contributed by atoms with Crippen LogP contribution in [0.3, 0.4) is 0 Å². The van der Waals surface area contributed by atoms with E-state index < -0.39 is 13.9 Å². The molecule has 1 aromatic carbocycles. The molecule has 0 spiro atoms. The SMILES string of the molecule is C.FS(F)(F)(F)(Cl)c1ccc(Br)cc1. The van der Waals surface area contributed by atoms with Crippen LogP contribution < -0.4 is 0 Å². The van der Waals surface area contributed by atoms with Gasteiger partial charge in [0.05, 0.1) is 4.90 Å². The lowest BCUT2D eigenvalue weighted by Gasteiger charge is -2.42. The third-order valence-electron chi connectivity index (χ3n) is 1.26. The topological polar surface area (TPSA) is 0 Å². The summed E-state index contributed by atoms with van der Waals surface area (Å²) in [7, 11) is -4.44. The molecule has 1 aromatic rings. The molecular formula is C7H8BrClF4S. The molecule has 1 rings (SSSR count). The van der Waals surface area contributed by atoms with Crippen LogP contribution in [-0.4, -0.2) is 0 Å². The second-order valence-electron chi connectivity index (χ2n) is 2.42. The number of rotatable bonds is 1. The number of hydrogen-bond acceptors (Lipinski definition) is 0. The molecule has 0 aliphatic heterocycles. The summed E-state index contributed by atoms with van der Waals surface area (Å²) < 4.78 is 50.4. The third-order valence-corrected chi connectivity index (χ3v) is 3.49. The van der Waals surface area contributed by atoms with Gasteiger partial charge in [0.2, 0.25) is 0 Å². The van der Waals surface area contributed by atoms with Crippen molar-refractivity contribution in [2.24, 2.45) is 0 Å². The molecule has 0 aliphatic rings. The van der Waals surface area contributed by atoms with Gasteiger partial charge in [-0.2, -0.15) is 0 Å². The molecule has 0 saturated heterocycles. The Morgan fingerprint density at radius 2 is 1.36 bits per heavy atom. The average Bonchev–Trinajstić information content (AvgIpc) is 1.82. The molecule has 0 aromatic heterocycles. The van der Waals surface area contributed by atoms with Crippen LogP contribution in [0.2, 0.25) is 0 Å². The lowest BCUT2D eigenvalue weighted by molar-refractivity contribution is 0.480. The first-order chi connectivity index (χ1) is 5.49. The Bertz CT molecular complexity index is 330. The summed E-state index contributed by atoms with van der Waals surface area (Å²) in [5, 5.41) is 0. The zero-order chi connectivity index (χ0) is 10.4. The van der Waals surface area contributed by atoms with Crippen LogP contribution in [0.4, 0.5) is 15.5 Å². The van der Waals surface area contributed by atoms with Gasteiger partial charge in [-0.15, -0.1) is 15.5 Å². The van der Waals surface area contributed by atoms with Gasteiger partial charge in [-0.05, 0) is 24.3 Å². The van der Waals surface area contributed by atoms with Crippen LogP contribution in [0.25, 0.3) is 0 Å². The van der Waals surface area contributed by atoms with Crippen LogP contribution >= 0.6 is 35.7 Å². The van der Waals surface area contributed by atoms with Crippen molar-refractivity contribution in [3.63, 3.8) is 0 Å². The molecule has 0 unspecified atom stereocenters. The quantitative estimate of drug-likeness (QED) is 0.557. The fraction of sp³-hybridized carbons (Fsp3) is 0.143. The fourth-order valence-electron chi connectivity index (χ4n) is 0.692. The van der Waals surface area contributed by atoms with E-state index in [0.717, 1.165) is 12.1 Å². The highest BCUT2D eigenvalue weighted by molar-refractivity contribution is 9.10. The molecule has 0 bridgehead atoms. The molecule has 0 saturated carbocycles. The van der Waals surface area contributed by atoms with Crippen LogP contribution in [-0.2, 0) is 0 Å². The zero-order valence-electron chi connectivity index (χ0n) is 5.99. The minimum absolute atomic E-state index is 0. The number of halogens is 6. The molecule has 0 N–H and O–H groups in total. The highest BCUT2D eigenvalue weighted by atomic mass is 79.9. The average molecular weight is 316 g/mol. The van der Waals surface area contributed by atoms with E-state index >= 15 is 0 Å². The highest BCUT2D eigenvalue weighted by Gasteiger charge is 2.62. The Hall–Kier alpha value is 0.0600. The van der Waals surface area contributed by atoms with E-state index in [1.165, 1.54) is 0 Å². The zero-order valence-corrected chi connectivity index (χ0v) is 9.14. The summed E-state index contributed by atoms with van der Waals surface area (Å²) >= 11 is 2.93. The Kier molecular flexibility index (Phi) is 3.04. The van der Waals surface area contributed by atoms with E-state index in [1.807, 2.05) is 0 Å². The smallest absolute Gasteiger partial charge is 0.107 e. The van der Waals surface area contributed by atoms with Gasteiger partial charge in [0, 0.05) is 15.2 Å². The minimum Gasteiger partial charge on any atom is -0.107 e. The van der Waals surface area contributed by atoms with E-state index in [9.17, 15) is 15.5 Å². The van der Waals surface area contributed by atoms with E-state index in [-0.39, 0.29) is 7.43 Å². The molecule has 84 valence electrons. The van der Waals surface area contributed by atoms with Crippen molar-refractivity contribution in [1.82, 2.24) is 0 Å². The molecule has 0 nitrogen and oxygen atoms in total. The summed E-state index contributed by atoms with van der Waals surface area (Å²) in [4.78, 5) is -1.44. The van der Waals surface area contributed by atoms with Gasteiger partial charge < -0.3 is 0 Å². The third kappa shape index (κ3) is 3.67. The van der Waals surface area contributed by atoms with Gasteiger partial charge in [-0.3, -0.25) is 0 Å². The van der Waals surface area contributed by atoms with Gasteiger partial charge in [0.25, 0.3) is 9.05 Å². The van der Waals surface area contributed by atoms with Crippen LogP contribution in [0.5, 0.6) is 0 Å². The molecule has 0 fully saturated rings. The normalized spacial score (nSPS) is 16.4. The van der Waals surface area contributed by atoms with Gasteiger partial charge in [0.1, 0.15) is 0 Å². The Balaban J connectivity index is 0.00000169. The van der Waals surface area contributed by atoms with Crippen molar-refractivity contribution in [3.8, 4) is 0 Å². The summed E-state index contributed by atoms with van der Waals surface area (Å²) in [6, 6.07) is 3.35. The predicted molar refractivity (Wildman–Crippen MR) is 57.0 cm³/mol. The molecule has 0 atom stereocenters. The first kappa shape index (κ1) is 14.1. The lowest BCUT2D eigenvalue weighted by atomic mass is 10.4. The van der Waals surface area contributed by atoms with Crippen LogP contribution in [0.15, 0.2) is 33.6 Å². The maximum Gasteiger partial charge on any atom is 0.253 e. The molecule has 7 heteroatoms. The predicted octanol–water partition coefficient (Wildman–Crippen LogP) is 6.01. The summed E-state index contributed by atoms with van der Waals surface area (Å²) in [5.74, 6) is 0. The second-order valence-corrected chi connectivity index (χ2v) is 7.61. The van der Waals surface area contributed by atoms with Crippen molar-refractivity contribution >= 4 is 35.7 Å². The monoisotopic (exact) mass is 314 g/mol. The Labute approximate surface area is 92.3 Å². The van der Waals surface area contributed by atoms with Gasteiger partial charge in [-0.25, -0.2) is 0 Å². The molecule has 0 amide bonds. The van der Waals surface area contributed by atoms with E-state index in [4.69, 9.17) is 0 Å². The summed E-state index contributed by atoms with van der Waals surface area (Å²) in [6.45, 7) is 0. The fourth-order valence-corrected chi connectivity index (χ4v) is 1.92. The Morgan fingerprint density at radius 1 is 1.00 bits per heavy atom. The molecule has 0 radical (unpaired) electrons. The van der Waals surface area contributed by atoms with E-state index in [1.54, 1.807) is 0 Å². The van der Waals surface area contributed by atoms with Crippen molar-refractivity contribution in [2.45, 2.75) is 12.3 Å². The van der Waals surface area contributed by atoms with Crippen molar-refractivity contribution < 1.29 is 15.5 Å². The maximum absolute atomic E-state index is 12.5. The largest absolute Gasteiger partial charge is 0.253 e. The van der Waals surface area contributed by atoms with Crippen LogP contribution in [0.1, 0.15) is 7.43 Å². The van der Waals surface area contributed by atoms with Gasteiger partial charge >= 0.3 is 0 Å². The molecular weight excluding hydrogens is 307 g/mol. The van der Waals surface area contributed by atoms with E-state index in [0.29, 0.717) is 16.6 Å². The first-order valence-corrected chi connectivity index (χ1v) is 6.66. The lowest BCUT2D eigenvalue weighted by Crippen LogP contribution is -2.03. The maximum atomic E-state index is 12.5. The number of benzene rings is 1. The Morgan fingerprint density at radius 3 is 1.64 bits per heavy atom. The second kappa shape index (κ2) is 3.02. The molecule has 14 heavy (non-hydrogen) atoms. The van der Waals surface area contributed by atoms with Gasteiger partial charge in [-0.1, -0.05) is 23.4 Å². The minimum atomic E-state index is -8.50. The first-order valence-electron chi connectivity index (χ1n) is 2.99. The standard InChI is InChI=1S/C6H4BrClF4S.CH4/c7-5-1-3-6(4-2-5)13(8,9,10,11)12;/h1-4H;1H4. The molecule has 0 heterocycles. The summed E-state index contributed by atoms with van der Waals surface area (Å²) in [5.41, 5.74) is 0. The number of hydrogen-bond donors (Lipinski definition) is 0. The van der Waals surface area contributed by atoms with Crippen molar-refractivity contribution in [1.29, 1.82) is 0 Å². The summed E-state index contributed by atoms with van der Waals surface area (Å²) in [6.07, 6.45) is 0. The van der Waals surface area contributed by atoms with E-state index in [2.05, 4.69) is 26.6 Å². The van der Waals surface area contributed by atoms with Crippen molar-refractivity contribution in [3.05, 3.63) is 28.7 Å².